The van der Waals surface area contributed by atoms with Crippen molar-refractivity contribution in [2.24, 2.45) is 0 Å². The van der Waals surface area contributed by atoms with Crippen LogP contribution in [-0.2, 0) is 14.8 Å². The summed E-state index contributed by atoms with van der Waals surface area (Å²) in [6.45, 7) is 1.34. The molecule has 1 N–H and O–H groups in total. The number of carbonyl (C=O) groups excluding carboxylic acids is 1. The fourth-order valence-electron chi connectivity index (χ4n) is 2.11. The predicted octanol–water partition coefficient (Wildman–Crippen LogP) is 2.15. The van der Waals surface area contributed by atoms with Crippen molar-refractivity contribution >= 4 is 27.3 Å². The highest BCUT2D eigenvalue weighted by Crippen LogP contribution is 2.23. The van der Waals surface area contributed by atoms with Gasteiger partial charge < -0.3 is 5.32 Å². The van der Waals surface area contributed by atoms with E-state index in [-0.39, 0.29) is 5.69 Å². The average Bonchev–Trinajstić information content (AvgIpc) is 2.50. The maximum Gasteiger partial charge on any atom is 0.248 e. The van der Waals surface area contributed by atoms with Crippen LogP contribution >= 0.6 is 0 Å². The number of halogens is 2. The molecular formula is C15H15F2N3O3S. The van der Waals surface area contributed by atoms with E-state index in [9.17, 15) is 22.0 Å². The maximum absolute atomic E-state index is 13.4. The van der Waals surface area contributed by atoms with Gasteiger partial charge in [-0.1, -0.05) is 0 Å². The number of rotatable bonds is 5. The SMILES string of the molecule is CC(C(=O)Nc1cccnc1)N(c1ccc(F)c(F)c1)S(C)(=O)=O. The van der Waals surface area contributed by atoms with Gasteiger partial charge in [-0.25, -0.2) is 17.2 Å². The Balaban J connectivity index is 2.34. The van der Waals surface area contributed by atoms with Crippen LogP contribution in [0.4, 0.5) is 20.2 Å². The number of amides is 1. The topological polar surface area (TPSA) is 79.4 Å². The summed E-state index contributed by atoms with van der Waals surface area (Å²) in [5, 5.41) is 2.51. The monoisotopic (exact) mass is 355 g/mol. The first-order valence-corrected chi connectivity index (χ1v) is 8.70. The van der Waals surface area contributed by atoms with Gasteiger partial charge in [-0.15, -0.1) is 0 Å². The van der Waals surface area contributed by atoms with Crippen molar-refractivity contribution in [3.05, 3.63) is 54.4 Å². The Labute approximate surface area is 138 Å². The number of nitrogens with zero attached hydrogens (tertiary/aromatic N) is 2. The summed E-state index contributed by atoms with van der Waals surface area (Å²) in [6, 6.07) is 4.61. The van der Waals surface area contributed by atoms with Gasteiger partial charge in [0.05, 0.1) is 23.8 Å². The molecule has 0 aliphatic heterocycles. The maximum atomic E-state index is 13.4. The molecule has 1 aromatic carbocycles. The molecule has 0 fully saturated rings. The van der Waals surface area contributed by atoms with Crippen LogP contribution in [-0.4, -0.2) is 31.6 Å². The number of nitrogens with one attached hydrogen (secondary N) is 1. The highest BCUT2D eigenvalue weighted by atomic mass is 32.2. The molecule has 0 bridgehead atoms. The van der Waals surface area contributed by atoms with Crippen molar-refractivity contribution in [3.8, 4) is 0 Å². The number of hydrogen-bond acceptors (Lipinski definition) is 4. The Morgan fingerprint density at radius 1 is 1.25 bits per heavy atom. The molecule has 1 aromatic heterocycles. The molecule has 1 atom stereocenters. The first-order chi connectivity index (χ1) is 11.2. The average molecular weight is 355 g/mol. The van der Waals surface area contributed by atoms with Gasteiger partial charge in [0.25, 0.3) is 0 Å². The molecule has 9 heteroatoms. The van der Waals surface area contributed by atoms with Crippen molar-refractivity contribution in [3.63, 3.8) is 0 Å². The van der Waals surface area contributed by atoms with Crippen LogP contribution in [0.5, 0.6) is 0 Å². The zero-order valence-electron chi connectivity index (χ0n) is 12.9. The minimum atomic E-state index is -3.92. The zero-order valence-corrected chi connectivity index (χ0v) is 13.7. The van der Waals surface area contributed by atoms with E-state index >= 15 is 0 Å². The summed E-state index contributed by atoms with van der Waals surface area (Å²) in [7, 11) is -3.92. The van der Waals surface area contributed by atoms with E-state index < -0.39 is 33.6 Å². The largest absolute Gasteiger partial charge is 0.323 e. The molecule has 24 heavy (non-hydrogen) atoms. The molecule has 2 rings (SSSR count). The first kappa shape index (κ1) is 17.8. The third kappa shape index (κ3) is 4.05. The van der Waals surface area contributed by atoms with E-state index in [2.05, 4.69) is 10.3 Å². The van der Waals surface area contributed by atoms with E-state index in [0.717, 1.165) is 28.8 Å². The van der Waals surface area contributed by atoms with Crippen LogP contribution in [0.2, 0.25) is 0 Å². The number of pyridine rings is 1. The van der Waals surface area contributed by atoms with Crippen molar-refractivity contribution in [1.29, 1.82) is 0 Å². The second kappa shape index (κ2) is 6.91. The van der Waals surface area contributed by atoms with E-state index in [0.29, 0.717) is 5.69 Å². The molecule has 1 unspecified atom stereocenters. The summed E-state index contributed by atoms with van der Waals surface area (Å²) < 4.78 is 51.3. The molecule has 2 aromatic rings. The number of aromatic nitrogens is 1. The standard InChI is InChI=1S/C15H15F2N3O3S/c1-10(15(21)19-11-4-3-7-18-9-11)20(24(2,22)23)12-5-6-13(16)14(17)8-12/h3-10H,1-2H3,(H,19,21). The normalized spacial score (nSPS) is 12.5. The lowest BCUT2D eigenvalue weighted by molar-refractivity contribution is -0.116. The summed E-state index contributed by atoms with van der Waals surface area (Å²) in [6.07, 6.45) is 3.79. The lowest BCUT2D eigenvalue weighted by atomic mass is 10.2. The smallest absolute Gasteiger partial charge is 0.248 e. The lowest BCUT2D eigenvalue weighted by Crippen LogP contribution is -2.45. The van der Waals surface area contributed by atoms with Gasteiger partial charge in [-0.2, -0.15) is 0 Å². The van der Waals surface area contributed by atoms with Gasteiger partial charge in [0.2, 0.25) is 15.9 Å². The second-order valence-corrected chi connectivity index (χ2v) is 6.92. The van der Waals surface area contributed by atoms with Gasteiger partial charge in [0.15, 0.2) is 11.6 Å². The number of benzene rings is 1. The summed E-state index contributed by atoms with van der Waals surface area (Å²) in [5.41, 5.74) is 0.235. The van der Waals surface area contributed by atoms with Crippen LogP contribution in [0.15, 0.2) is 42.7 Å². The predicted molar refractivity (Wildman–Crippen MR) is 86.0 cm³/mol. The molecule has 0 spiro atoms. The van der Waals surface area contributed by atoms with Crippen LogP contribution in [0, 0.1) is 11.6 Å². The molecular weight excluding hydrogens is 340 g/mol. The molecule has 1 amide bonds. The van der Waals surface area contributed by atoms with Gasteiger partial charge in [0.1, 0.15) is 6.04 Å². The second-order valence-electron chi connectivity index (χ2n) is 5.06. The number of sulfonamides is 1. The van der Waals surface area contributed by atoms with E-state index in [1.807, 2.05) is 0 Å². The Morgan fingerprint density at radius 2 is 1.96 bits per heavy atom. The van der Waals surface area contributed by atoms with Crippen molar-refractivity contribution in [2.75, 3.05) is 15.9 Å². The van der Waals surface area contributed by atoms with Crippen molar-refractivity contribution in [1.82, 2.24) is 4.98 Å². The van der Waals surface area contributed by atoms with Gasteiger partial charge >= 0.3 is 0 Å². The number of hydrogen-bond donors (Lipinski definition) is 1. The van der Waals surface area contributed by atoms with E-state index in [1.165, 1.54) is 19.3 Å². The van der Waals surface area contributed by atoms with Gasteiger partial charge in [0, 0.05) is 12.3 Å². The van der Waals surface area contributed by atoms with Crippen molar-refractivity contribution < 1.29 is 22.0 Å². The molecule has 1 heterocycles. The fourth-order valence-corrected chi connectivity index (χ4v) is 3.28. The molecule has 0 aliphatic rings. The van der Waals surface area contributed by atoms with E-state index in [1.54, 1.807) is 12.1 Å². The molecule has 0 saturated carbocycles. The minimum absolute atomic E-state index is 0.148. The third-order valence-corrected chi connectivity index (χ3v) is 4.42. The van der Waals surface area contributed by atoms with Crippen LogP contribution < -0.4 is 9.62 Å². The molecule has 6 nitrogen and oxygen atoms in total. The van der Waals surface area contributed by atoms with Gasteiger partial charge in [-0.05, 0) is 31.2 Å². The quantitative estimate of drug-likeness (QED) is 0.891. The Hall–Kier alpha value is -2.55. The fraction of sp³-hybridized carbons (Fsp3) is 0.200. The van der Waals surface area contributed by atoms with Crippen LogP contribution in [0.25, 0.3) is 0 Å². The Kier molecular flexibility index (Phi) is 5.13. The summed E-state index contributed by atoms with van der Waals surface area (Å²) in [4.78, 5) is 16.1. The first-order valence-electron chi connectivity index (χ1n) is 6.85. The molecule has 0 saturated heterocycles. The highest BCUT2D eigenvalue weighted by Gasteiger charge is 2.29. The van der Waals surface area contributed by atoms with E-state index in [4.69, 9.17) is 0 Å². The Bertz CT molecular complexity index is 844. The van der Waals surface area contributed by atoms with Crippen molar-refractivity contribution in [2.45, 2.75) is 13.0 Å². The molecule has 0 radical (unpaired) electrons. The van der Waals surface area contributed by atoms with Crippen LogP contribution in [0.1, 0.15) is 6.92 Å². The molecule has 0 aliphatic carbocycles. The Morgan fingerprint density at radius 3 is 2.50 bits per heavy atom. The molecule has 128 valence electrons. The van der Waals surface area contributed by atoms with Crippen LogP contribution in [0.3, 0.4) is 0 Å². The number of carbonyl (C=O) groups is 1. The summed E-state index contributed by atoms with van der Waals surface area (Å²) in [5.74, 6) is -2.96. The lowest BCUT2D eigenvalue weighted by Gasteiger charge is -2.28. The summed E-state index contributed by atoms with van der Waals surface area (Å²) >= 11 is 0. The number of anilines is 2. The highest BCUT2D eigenvalue weighted by molar-refractivity contribution is 7.92. The minimum Gasteiger partial charge on any atom is -0.323 e. The zero-order chi connectivity index (χ0) is 17.9. The van der Waals surface area contributed by atoms with Gasteiger partial charge in [-0.3, -0.25) is 14.1 Å². The third-order valence-electron chi connectivity index (χ3n) is 3.18.